The van der Waals surface area contributed by atoms with Crippen LogP contribution in [0, 0.1) is 25.6 Å². The van der Waals surface area contributed by atoms with Crippen molar-refractivity contribution < 1.29 is 27.2 Å². The molecule has 0 aliphatic heterocycles. The van der Waals surface area contributed by atoms with E-state index in [1.54, 1.807) is 10.9 Å². The molecular formula is C24H21ClF4N4O2. The maximum absolute atomic E-state index is 14.0. The predicted octanol–water partition coefficient (Wildman–Crippen LogP) is 5.44. The zero-order chi connectivity index (χ0) is 25.5. The van der Waals surface area contributed by atoms with Crippen LogP contribution < -0.4 is 5.32 Å². The lowest BCUT2D eigenvalue weighted by atomic mass is 9.87. The van der Waals surface area contributed by atoms with Crippen LogP contribution in [0.2, 0.25) is 5.02 Å². The van der Waals surface area contributed by atoms with Gasteiger partial charge in [0.15, 0.2) is 17.4 Å². The molecule has 1 N–H and O–H groups in total. The van der Waals surface area contributed by atoms with Crippen LogP contribution in [0.5, 0.6) is 0 Å². The second-order valence-electron chi connectivity index (χ2n) is 8.57. The molecule has 1 aliphatic carbocycles. The zero-order valence-corrected chi connectivity index (χ0v) is 19.5. The molecule has 3 aromatic rings. The molecule has 2 aromatic heterocycles. The fourth-order valence-corrected chi connectivity index (χ4v) is 4.61. The van der Waals surface area contributed by atoms with E-state index in [2.05, 4.69) is 15.4 Å². The van der Waals surface area contributed by atoms with E-state index in [1.807, 2.05) is 26.0 Å². The number of halogens is 5. The van der Waals surface area contributed by atoms with Crippen molar-refractivity contribution >= 4 is 29.0 Å². The number of aryl methyl sites for hydroxylation is 2. The second-order valence-corrected chi connectivity index (χ2v) is 9.00. The van der Waals surface area contributed by atoms with E-state index < -0.39 is 29.4 Å². The first-order chi connectivity index (χ1) is 16.5. The number of nitrogens with zero attached hydrogens (tertiary/aromatic N) is 3. The van der Waals surface area contributed by atoms with Crippen molar-refractivity contribution in [3.8, 4) is 5.69 Å². The standard InChI is InChI=1S/C24H21ClF4N4O2/c1-12-5-17(33-11-16(25)10-32-33)6-13(2)20(12)21-19(34)7-14(22(21)35)3-4-30-23-18(26)8-15(9-31-23)24(27,28)29/h5-6,8-11,14,21H,3-4,7H2,1-2H3,(H,30,31). The highest BCUT2D eigenvalue weighted by Gasteiger charge is 2.43. The van der Waals surface area contributed by atoms with Crippen molar-refractivity contribution in [2.24, 2.45) is 5.92 Å². The summed E-state index contributed by atoms with van der Waals surface area (Å²) in [6.45, 7) is 3.72. The Kier molecular flexibility index (Phi) is 6.68. The van der Waals surface area contributed by atoms with Crippen molar-refractivity contribution in [1.29, 1.82) is 0 Å². The van der Waals surface area contributed by atoms with E-state index in [0.29, 0.717) is 22.8 Å². The number of Topliss-reactive ketones (excluding diaryl/α,β-unsaturated/α-hetero) is 2. The molecule has 2 unspecified atom stereocenters. The van der Waals surface area contributed by atoms with Gasteiger partial charge in [-0.2, -0.15) is 18.3 Å². The van der Waals surface area contributed by atoms with Crippen molar-refractivity contribution in [3.63, 3.8) is 0 Å². The van der Waals surface area contributed by atoms with Gasteiger partial charge in [-0.25, -0.2) is 14.1 Å². The fraction of sp³-hybridized carbons (Fsp3) is 0.333. The molecule has 0 bridgehead atoms. The number of alkyl halides is 3. The SMILES string of the molecule is Cc1cc(-n2cc(Cl)cn2)cc(C)c1C1C(=O)CC(CCNc2ncc(C(F)(F)F)cc2F)C1=O. The summed E-state index contributed by atoms with van der Waals surface area (Å²) in [6.07, 6.45) is -0.738. The van der Waals surface area contributed by atoms with Gasteiger partial charge in [-0.05, 0) is 55.2 Å². The molecule has 1 aliphatic rings. The van der Waals surface area contributed by atoms with Gasteiger partial charge < -0.3 is 5.32 Å². The molecule has 0 amide bonds. The molecule has 4 rings (SSSR count). The maximum Gasteiger partial charge on any atom is 0.417 e. The number of pyridine rings is 1. The van der Waals surface area contributed by atoms with Gasteiger partial charge in [0.1, 0.15) is 11.7 Å². The fourth-order valence-electron chi connectivity index (χ4n) is 4.47. The molecule has 2 heterocycles. The van der Waals surface area contributed by atoms with Crippen LogP contribution in [0.25, 0.3) is 5.69 Å². The maximum atomic E-state index is 14.0. The van der Waals surface area contributed by atoms with Crippen LogP contribution in [-0.4, -0.2) is 32.9 Å². The van der Waals surface area contributed by atoms with Crippen LogP contribution in [0.15, 0.2) is 36.8 Å². The summed E-state index contributed by atoms with van der Waals surface area (Å²) in [7, 11) is 0. The molecule has 0 saturated heterocycles. The average Bonchev–Trinajstić information content (AvgIpc) is 3.32. The topological polar surface area (TPSA) is 76.9 Å². The molecule has 0 radical (unpaired) electrons. The quantitative estimate of drug-likeness (QED) is 0.354. The first kappa shape index (κ1) is 24.8. The molecule has 35 heavy (non-hydrogen) atoms. The molecule has 11 heteroatoms. The minimum atomic E-state index is -4.70. The van der Waals surface area contributed by atoms with E-state index in [0.717, 1.165) is 16.8 Å². The van der Waals surface area contributed by atoms with Crippen molar-refractivity contribution in [2.75, 3.05) is 11.9 Å². The van der Waals surface area contributed by atoms with E-state index >= 15 is 0 Å². The van der Waals surface area contributed by atoms with Crippen molar-refractivity contribution in [3.05, 3.63) is 69.9 Å². The molecule has 6 nitrogen and oxygen atoms in total. The molecule has 2 atom stereocenters. The lowest BCUT2D eigenvalue weighted by molar-refractivity contribution is -0.138. The first-order valence-electron chi connectivity index (χ1n) is 10.8. The van der Waals surface area contributed by atoms with E-state index in [1.165, 1.54) is 6.20 Å². The van der Waals surface area contributed by atoms with Crippen LogP contribution in [0.3, 0.4) is 0 Å². The van der Waals surface area contributed by atoms with Gasteiger partial charge in [0.05, 0.1) is 22.5 Å². The third-order valence-electron chi connectivity index (χ3n) is 6.09. The van der Waals surface area contributed by atoms with Gasteiger partial charge in [0.25, 0.3) is 0 Å². The molecular weight excluding hydrogens is 488 g/mol. The summed E-state index contributed by atoms with van der Waals surface area (Å²) >= 11 is 5.95. The van der Waals surface area contributed by atoms with E-state index in [-0.39, 0.29) is 36.8 Å². The van der Waals surface area contributed by atoms with Crippen LogP contribution in [0.1, 0.15) is 41.0 Å². The number of ketones is 2. The molecule has 1 aromatic carbocycles. The number of rotatable bonds is 6. The smallest absolute Gasteiger partial charge is 0.368 e. The van der Waals surface area contributed by atoms with E-state index in [9.17, 15) is 27.2 Å². The highest BCUT2D eigenvalue weighted by atomic mass is 35.5. The van der Waals surface area contributed by atoms with E-state index in [4.69, 9.17) is 11.6 Å². The van der Waals surface area contributed by atoms with Crippen molar-refractivity contribution in [1.82, 2.24) is 14.8 Å². The summed E-state index contributed by atoms with van der Waals surface area (Å²) in [5.41, 5.74) is 1.77. The van der Waals surface area contributed by atoms with Gasteiger partial charge >= 0.3 is 6.18 Å². The van der Waals surface area contributed by atoms with Gasteiger partial charge in [0.2, 0.25) is 0 Å². The second kappa shape index (κ2) is 9.41. The molecule has 1 saturated carbocycles. The number of aromatic nitrogens is 3. The normalized spacial score (nSPS) is 18.4. The highest BCUT2D eigenvalue weighted by Crippen LogP contribution is 2.38. The summed E-state index contributed by atoms with van der Waals surface area (Å²) in [4.78, 5) is 29.5. The average molecular weight is 509 g/mol. The molecule has 184 valence electrons. The number of carbonyl (C=O) groups excluding carboxylic acids is 2. The number of nitrogens with one attached hydrogen (secondary N) is 1. The number of hydrogen-bond donors (Lipinski definition) is 1. The van der Waals surface area contributed by atoms with Gasteiger partial charge in [0, 0.05) is 31.3 Å². The van der Waals surface area contributed by atoms with Crippen LogP contribution in [0.4, 0.5) is 23.4 Å². The van der Waals surface area contributed by atoms with Gasteiger partial charge in [-0.15, -0.1) is 0 Å². The van der Waals surface area contributed by atoms with Gasteiger partial charge in [-0.1, -0.05) is 11.6 Å². The summed E-state index contributed by atoms with van der Waals surface area (Å²) in [5, 5.41) is 7.28. The summed E-state index contributed by atoms with van der Waals surface area (Å²) in [6, 6.07) is 4.03. The summed E-state index contributed by atoms with van der Waals surface area (Å²) in [5.74, 6) is -3.38. The Morgan fingerprint density at radius 1 is 1.14 bits per heavy atom. The molecule has 0 spiro atoms. The first-order valence-corrected chi connectivity index (χ1v) is 11.2. The number of benzene rings is 1. The monoisotopic (exact) mass is 508 g/mol. The summed E-state index contributed by atoms with van der Waals surface area (Å²) < 4.78 is 53.6. The number of anilines is 1. The Morgan fingerprint density at radius 2 is 1.83 bits per heavy atom. The predicted molar refractivity (Wildman–Crippen MR) is 121 cm³/mol. The van der Waals surface area contributed by atoms with Crippen LogP contribution >= 0.6 is 11.6 Å². The third-order valence-corrected chi connectivity index (χ3v) is 6.29. The Bertz CT molecular complexity index is 1280. The lowest BCUT2D eigenvalue weighted by Crippen LogP contribution is -2.19. The number of hydrogen-bond acceptors (Lipinski definition) is 5. The Hall–Kier alpha value is -3.27. The third kappa shape index (κ3) is 5.07. The lowest BCUT2D eigenvalue weighted by Gasteiger charge is -2.17. The van der Waals surface area contributed by atoms with Gasteiger partial charge in [-0.3, -0.25) is 9.59 Å². The number of carbonyl (C=O) groups is 2. The minimum Gasteiger partial charge on any atom is -0.368 e. The highest BCUT2D eigenvalue weighted by molar-refractivity contribution is 6.30. The van der Waals surface area contributed by atoms with Crippen LogP contribution in [-0.2, 0) is 15.8 Å². The Labute approximate surface area is 203 Å². The molecule has 1 fully saturated rings. The Balaban J connectivity index is 1.45. The largest absolute Gasteiger partial charge is 0.417 e. The minimum absolute atomic E-state index is 0.0451. The Morgan fingerprint density at radius 3 is 2.40 bits per heavy atom. The zero-order valence-electron chi connectivity index (χ0n) is 18.8. The van der Waals surface area contributed by atoms with Crippen molar-refractivity contribution in [2.45, 2.75) is 38.8 Å².